The number of amides is 2. The molecule has 2 N–H and O–H groups in total. The lowest BCUT2D eigenvalue weighted by molar-refractivity contribution is -0.119. The molecular weight excluding hydrogens is 316 g/mol. The number of primary amides is 1. The largest absolute Gasteiger partial charge is 0.368 e. The summed E-state index contributed by atoms with van der Waals surface area (Å²) in [5.74, 6) is 0.135. The Hall–Kier alpha value is -1.82. The maximum Gasteiger partial charge on any atom is 0.255 e. The van der Waals surface area contributed by atoms with Gasteiger partial charge in [0.25, 0.3) is 5.91 Å². The van der Waals surface area contributed by atoms with Crippen LogP contribution in [0, 0.1) is 0 Å². The normalized spacial score (nSPS) is 21.5. The standard InChI is InChI=1S/C16H21ClN4O2/c17-12-9-11(16(23)20-6-2-1-3-7-20)10-19-15(12)21-8-4-5-13(21)14(18)22/h9-10,13H,1-8H2,(H2,18,22)/t13-/m0/s1. The van der Waals surface area contributed by atoms with Crippen LogP contribution in [-0.2, 0) is 4.79 Å². The van der Waals surface area contributed by atoms with Crippen molar-refractivity contribution < 1.29 is 9.59 Å². The van der Waals surface area contributed by atoms with Gasteiger partial charge in [0.2, 0.25) is 5.91 Å². The second-order valence-corrected chi connectivity index (χ2v) is 6.54. The van der Waals surface area contributed by atoms with Crippen molar-refractivity contribution in [1.82, 2.24) is 9.88 Å². The van der Waals surface area contributed by atoms with Gasteiger partial charge in [0.15, 0.2) is 0 Å². The van der Waals surface area contributed by atoms with E-state index in [9.17, 15) is 9.59 Å². The predicted octanol–water partition coefficient (Wildman–Crippen LogP) is 1.82. The maximum atomic E-state index is 12.5. The third kappa shape index (κ3) is 3.27. The monoisotopic (exact) mass is 336 g/mol. The van der Waals surface area contributed by atoms with Crippen molar-refractivity contribution in [2.24, 2.45) is 5.73 Å². The first-order chi connectivity index (χ1) is 11.1. The molecule has 3 rings (SSSR count). The van der Waals surface area contributed by atoms with E-state index < -0.39 is 0 Å². The summed E-state index contributed by atoms with van der Waals surface area (Å²) in [5.41, 5.74) is 5.93. The Morgan fingerprint density at radius 3 is 2.57 bits per heavy atom. The summed E-state index contributed by atoms with van der Waals surface area (Å²) in [6.45, 7) is 2.27. The zero-order valence-corrected chi connectivity index (χ0v) is 13.8. The lowest BCUT2D eigenvalue weighted by Gasteiger charge is -2.27. The second-order valence-electron chi connectivity index (χ2n) is 6.14. The van der Waals surface area contributed by atoms with Gasteiger partial charge in [-0.1, -0.05) is 11.6 Å². The number of anilines is 1. The van der Waals surface area contributed by atoms with Crippen molar-refractivity contribution >= 4 is 29.2 Å². The van der Waals surface area contributed by atoms with Gasteiger partial charge in [0, 0.05) is 25.8 Å². The Bertz CT molecular complexity index is 616. The molecule has 0 aromatic carbocycles. The van der Waals surface area contributed by atoms with Gasteiger partial charge in [0.05, 0.1) is 10.6 Å². The molecule has 0 unspecified atom stereocenters. The van der Waals surface area contributed by atoms with Gasteiger partial charge in [-0.05, 0) is 38.2 Å². The molecule has 0 spiro atoms. The summed E-state index contributed by atoms with van der Waals surface area (Å²) in [5, 5.41) is 0.390. The number of halogens is 1. The Labute approximate surface area is 140 Å². The van der Waals surface area contributed by atoms with Crippen LogP contribution in [0.25, 0.3) is 0 Å². The number of likely N-dealkylation sites (tertiary alicyclic amines) is 1. The first-order valence-electron chi connectivity index (χ1n) is 8.08. The topological polar surface area (TPSA) is 79.5 Å². The second kappa shape index (κ2) is 6.74. The van der Waals surface area contributed by atoms with E-state index in [0.717, 1.165) is 32.4 Å². The fourth-order valence-electron chi connectivity index (χ4n) is 3.35. The molecular formula is C16H21ClN4O2. The molecule has 2 aliphatic rings. The quantitative estimate of drug-likeness (QED) is 0.913. The third-order valence-electron chi connectivity index (χ3n) is 4.57. The highest BCUT2D eigenvalue weighted by atomic mass is 35.5. The fourth-order valence-corrected chi connectivity index (χ4v) is 3.63. The summed E-state index contributed by atoms with van der Waals surface area (Å²) >= 11 is 6.34. The van der Waals surface area contributed by atoms with Crippen LogP contribution in [0.1, 0.15) is 42.5 Å². The number of hydrogen-bond acceptors (Lipinski definition) is 4. The average Bonchev–Trinajstić information content (AvgIpc) is 3.04. The zero-order chi connectivity index (χ0) is 16.4. The van der Waals surface area contributed by atoms with E-state index >= 15 is 0 Å². The molecule has 0 bridgehead atoms. The van der Waals surface area contributed by atoms with Gasteiger partial charge in [-0.25, -0.2) is 4.98 Å². The van der Waals surface area contributed by atoms with Gasteiger partial charge in [-0.15, -0.1) is 0 Å². The van der Waals surface area contributed by atoms with E-state index in [-0.39, 0.29) is 17.9 Å². The SMILES string of the molecule is NC(=O)[C@@H]1CCCN1c1ncc(C(=O)N2CCCCC2)cc1Cl. The molecule has 2 amide bonds. The minimum absolute atomic E-state index is 0.0291. The minimum atomic E-state index is -0.372. The van der Waals surface area contributed by atoms with Gasteiger partial charge in [0.1, 0.15) is 11.9 Å². The lowest BCUT2D eigenvalue weighted by atomic mass is 10.1. The molecule has 0 radical (unpaired) electrons. The van der Waals surface area contributed by atoms with E-state index in [1.165, 1.54) is 6.42 Å². The van der Waals surface area contributed by atoms with Gasteiger partial charge >= 0.3 is 0 Å². The molecule has 7 heteroatoms. The molecule has 2 aliphatic heterocycles. The number of nitrogens with two attached hydrogens (primary N) is 1. The molecule has 2 saturated heterocycles. The lowest BCUT2D eigenvalue weighted by Crippen LogP contribution is -2.41. The van der Waals surface area contributed by atoms with Crippen LogP contribution in [-0.4, -0.2) is 47.4 Å². The molecule has 2 fully saturated rings. The zero-order valence-electron chi connectivity index (χ0n) is 13.0. The van der Waals surface area contributed by atoms with Crippen molar-refractivity contribution in [3.8, 4) is 0 Å². The summed E-state index contributed by atoms with van der Waals surface area (Å²) in [6, 6.07) is 1.28. The number of hydrogen-bond donors (Lipinski definition) is 1. The maximum absolute atomic E-state index is 12.5. The highest BCUT2D eigenvalue weighted by Crippen LogP contribution is 2.30. The van der Waals surface area contributed by atoms with E-state index in [0.29, 0.717) is 29.4 Å². The number of nitrogens with zero attached hydrogens (tertiary/aromatic N) is 3. The first-order valence-corrected chi connectivity index (χ1v) is 8.46. The highest BCUT2D eigenvalue weighted by Gasteiger charge is 2.31. The van der Waals surface area contributed by atoms with E-state index in [2.05, 4.69) is 4.98 Å². The molecule has 6 nitrogen and oxygen atoms in total. The van der Waals surface area contributed by atoms with Crippen molar-refractivity contribution in [3.05, 3.63) is 22.8 Å². The molecule has 1 atom stereocenters. The van der Waals surface area contributed by atoms with Gasteiger partial charge in [-0.2, -0.15) is 0 Å². The van der Waals surface area contributed by atoms with Crippen LogP contribution in [0.2, 0.25) is 5.02 Å². The van der Waals surface area contributed by atoms with Crippen LogP contribution in [0.3, 0.4) is 0 Å². The van der Waals surface area contributed by atoms with Crippen LogP contribution < -0.4 is 10.6 Å². The third-order valence-corrected chi connectivity index (χ3v) is 4.84. The first kappa shape index (κ1) is 16.1. The molecule has 1 aromatic rings. The van der Waals surface area contributed by atoms with E-state index in [1.807, 2.05) is 9.80 Å². The van der Waals surface area contributed by atoms with Crippen LogP contribution in [0.4, 0.5) is 5.82 Å². The van der Waals surface area contributed by atoms with E-state index in [4.69, 9.17) is 17.3 Å². The summed E-state index contributed by atoms with van der Waals surface area (Å²) in [6.07, 6.45) is 6.39. The summed E-state index contributed by atoms with van der Waals surface area (Å²) in [4.78, 5) is 32.1. The number of aromatic nitrogens is 1. The van der Waals surface area contributed by atoms with Crippen LogP contribution >= 0.6 is 11.6 Å². The average molecular weight is 337 g/mol. The molecule has 3 heterocycles. The minimum Gasteiger partial charge on any atom is -0.368 e. The van der Waals surface area contributed by atoms with Crippen LogP contribution in [0.15, 0.2) is 12.3 Å². The van der Waals surface area contributed by atoms with Crippen molar-refractivity contribution in [3.63, 3.8) is 0 Å². The molecule has 1 aromatic heterocycles. The number of pyridine rings is 1. The summed E-state index contributed by atoms with van der Waals surface area (Å²) in [7, 11) is 0. The van der Waals surface area contributed by atoms with Crippen LogP contribution in [0.5, 0.6) is 0 Å². The Kier molecular flexibility index (Phi) is 4.71. The molecule has 124 valence electrons. The highest BCUT2D eigenvalue weighted by molar-refractivity contribution is 6.33. The Balaban J connectivity index is 1.80. The number of piperidine rings is 1. The molecule has 0 saturated carbocycles. The number of rotatable bonds is 3. The Morgan fingerprint density at radius 1 is 1.17 bits per heavy atom. The number of carbonyl (C=O) groups is 2. The number of carbonyl (C=O) groups excluding carboxylic acids is 2. The van der Waals surface area contributed by atoms with Crippen molar-refractivity contribution in [2.75, 3.05) is 24.5 Å². The van der Waals surface area contributed by atoms with Crippen molar-refractivity contribution in [2.45, 2.75) is 38.1 Å². The van der Waals surface area contributed by atoms with Gasteiger partial charge < -0.3 is 15.5 Å². The Morgan fingerprint density at radius 2 is 1.91 bits per heavy atom. The molecule has 0 aliphatic carbocycles. The van der Waals surface area contributed by atoms with E-state index in [1.54, 1.807) is 12.3 Å². The summed E-state index contributed by atoms with van der Waals surface area (Å²) < 4.78 is 0. The smallest absolute Gasteiger partial charge is 0.255 e. The molecule has 23 heavy (non-hydrogen) atoms. The fraction of sp³-hybridized carbons (Fsp3) is 0.562. The van der Waals surface area contributed by atoms with Crippen molar-refractivity contribution in [1.29, 1.82) is 0 Å². The predicted molar refractivity (Wildman–Crippen MR) is 88.6 cm³/mol. The van der Waals surface area contributed by atoms with Gasteiger partial charge in [-0.3, -0.25) is 9.59 Å².